The number of aromatic amines is 1. The quantitative estimate of drug-likeness (QED) is 0.512. The van der Waals surface area contributed by atoms with Gasteiger partial charge in [-0.1, -0.05) is 30.9 Å². The monoisotopic (exact) mass is 539 g/mol. The normalized spacial score (nSPS) is 23.6. The van der Waals surface area contributed by atoms with Crippen LogP contribution >= 0.6 is 11.6 Å². The molecule has 3 heterocycles. The first-order chi connectivity index (χ1) is 18.3. The van der Waals surface area contributed by atoms with Crippen molar-refractivity contribution in [3.05, 3.63) is 28.9 Å². The van der Waals surface area contributed by atoms with Crippen LogP contribution in [0.25, 0.3) is 10.9 Å². The van der Waals surface area contributed by atoms with Gasteiger partial charge < -0.3 is 25.3 Å². The Balaban J connectivity index is 1.39. The Morgan fingerprint density at radius 3 is 2.76 bits per heavy atom. The summed E-state index contributed by atoms with van der Waals surface area (Å²) >= 11 is 6.22. The van der Waals surface area contributed by atoms with E-state index in [4.69, 9.17) is 16.3 Å². The lowest BCUT2D eigenvalue weighted by Crippen LogP contribution is -2.49. The first-order valence-corrected chi connectivity index (χ1v) is 13.9. The minimum atomic E-state index is -0.796. The zero-order valence-electron chi connectivity index (χ0n) is 21.6. The Hall–Kier alpha value is -3.25. The largest absolute Gasteiger partial charge is 0.496 e. The molecule has 9 nitrogen and oxygen atoms in total. The van der Waals surface area contributed by atoms with E-state index in [2.05, 4.69) is 21.7 Å². The number of benzene rings is 1. The van der Waals surface area contributed by atoms with Crippen molar-refractivity contribution >= 4 is 40.2 Å². The molecule has 3 N–H and O–H groups in total. The molecular weight excluding hydrogens is 506 g/mol. The van der Waals surface area contributed by atoms with E-state index in [1.807, 2.05) is 0 Å². The zero-order valence-corrected chi connectivity index (χ0v) is 22.4. The number of hydrogen-bond acceptors (Lipinski definition) is 5. The minimum Gasteiger partial charge on any atom is -0.496 e. The molecule has 3 aliphatic rings. The van der Waals surface area contributed by atoms with E-state index in [9.17, 15) is 19.6 Å². The molecule has 2 saturated heterocycles. The van der Waals surface area contributed by atoms with E-state index in [1.165, 1.54) is 0 Å². The lowest BCUT2D eigenvalue weighted by molar-refractivity contribution is -0.128. The van der Waals surface area contributed by atoms with Crippen molar-refractivity contribution in [1.29, 1.82) is 5.26 Å². The van der Waals surface area contributed by atoms with Crippen LogP contribution < -0.4 is 15.4 Å². The number of methoxy groups -OCH3 is 1. The molecule has 1 aromatic heterocycles. The van der Waals surface area contributed by atoms with Gasteiger partial charge in [-0.25, -0.2) is 0 Å². The summed E-state index contributed by atoms with van der Waals surface area (Å²) in [6.45, 7) is 1.14. The summed E-state index contributed by atoms with van der Waals surface area (Å²) in [7, 11) is 1.55. The molecule has 2 aromatic rings. The van der Waals surface area contributed by atoms with Gasteiger partial charge in [0.2, 0.25) is 11.8 Å². The van der Waals surface area contributed by atoms with Crippen LogP contribution in [0.5, 0.6) is 5.75 Å². The van der Waals surface area contributed by atoms with Crippen molar-refractivity contribution in [3.8, 4) is 11.8 Å². The van der Waals surface area contributed by atoms with E-state index in [0.717, 1.165) is 43.9 Å². The standard InChI is InChI=1S/C28H34ClN5O4/c1-38-24-12-18(29)11-21-20(24)13-22(33-21)27(37)34-16-28(7-3-2-4-8-28)14-23(34)26(36)32-19(15-30)10-17-6-5-9-31-25(17)35/h11-13,17,19,23,33H,2-10,14,16H2,1H3,(H,31,35)(H,32,36)/t17-,19-,23?/m0/s1. The maximum absolute atomic E-state index is 13.9. The molecule has 1 saturated carbocycles. The lowest BCUT2D eigenvalue weighted by atomic mass is 9.72. The number of H-pyrrole nitrogens is 1. The first kappa shape index (κ1) is 26.4. The fraction of sp³-hybridized carbons (Fsp3) is 0.571. The van der Waals surface area contributed by atoms with Gasteiger partial charge >= 0.3 is 0 Å². The van der Waals surface area contributed by atoms with E-state index in [0.29, 0.717) is 47.9 Å². The van der Waals surface area contributed by atoms with Crippen molar-refractivity contribution in [1.82, 2.24) is 20.5 Å². The fourth-order valence-electron chi connectivity index (χ4n) is 6.53. The Bertz CT molecular complexity index is 1280. The molecule has 0 radical (unpaired) electrons. The number of halogens is 1. The highest BCUT2D eigenvalue weighted by atomic mass is 35.5. The van der Waals surface area contributed by atoms with Crippen molar-refractivity contribution in [3.63, 3.8) is 0 Å². The Morgan fingerprint density at radius 2 is 2.05 bits per heavy atom. The number of hydrogen-bond donors (Lipinski definition) is 3. The fourth-order valence-corrected chi connectivity index (χ4v) is 6.74. The van der Waals surface area contributed by atoms with Crippen molar-refractivity contribution in [2.24, 2.45) is 11.3 Å². The van der Waals surface area contributed by atoms with Crippen LogP contribution in [0.3, 0.4) is 0 Å². The highest BCUT2D eigenvalue weighted by molar-refractivity contribution is 6.31. The van der Waals surface area contributed by atoms with Crippen LogP contribution in [0, 0.1) is 22.7 Å². The van der Waals surface area contributed by atoms with Crippen LogP contribution in [0.1, 0.15) is 68.3 Å². The molecule has 38 heavy (non-hydrogen) atoms. The Morgan fingerprint density at radius 1 is 1.26 bits per heavy atom. The number of carbonyl (C=O) groups excluding carboxylic acids is 3. The molecule has 10 heteroatoms. The van der Waals surface area contributed by atoms with Gasteiger partial charge in [0.25, 0.3) is 5.91 Å². The molecule has 202 valence electrons. The summed E-state index contributed by atoms with van der Waals surface area (Å²) in [6, 6.07) is 5.86. The molecule has 1 aliphatic carbocycles. The first-order valence-electron chi connectivity index (χ1n) is 13.5. The number of nitrogens with zero attached hydrogens (tertiary/aromatic N) is 2. The third-order valence-electron chi connectivity index (χ3n) is 8.49. The zero-order chi connectivity index (χ0) is 26.9. The van der Waals surface area contributed by atoms with Crippen molar-refractivity contribution < 1.29 is 19.1 Å². The number of likely N-dealkylation sites (tertiary alicyclic amines) is 1. The molecule has 3 fully saturated rings. The molecule has 1 aromatic carbocycles. The maximum Gasteiger partial charge on any atom is 0.271 e. The number of ether oxygens (including phenoxy) is 1. The molecule has 5 rings (SSSR count). The second kappa shape index (κ2) is 10.9. The topological polar surface area (TPSA) is 127 Å². The number of rotatable bonds is 6. The molecule has 2 aliphatic heterocycles. The highest BCUT2D eigenvalue weighted by Crippen LogP contribution is 2.47. The number of nitriles is 1. The number of amides is 3. The minimum absolute atomic E-state index is 0.0704. The van der Waals surface area contributed by atoms with Crippen molar-refractivity contribution in [2.45, 2.75) is 69.9 Å². The number of nitrogens with one attached hydrogen (secondary N) is 3. The molecule has 1 unspecified atom stereocenters. The molecule has 3 amide bonds. The van der Waals surface area contributed by atoms with Gasteiger partial charge in [0.05, 0.1) is 18.7 Å². The summed E-state index contributed by atoms with van der Waals surface area (Å²) < 4.78 is 5.45. The van der Waals surface area contributed by atoms with Gasteiger partial charge in [0, 0.05) is 29.4 Å². The van der Waals surface area contributed by atoms with Crippen LogP contribution in [0.15, 0.2) is 18.2 Å². The third-order valence-corrected chi connectivity index (χ3v) is 8.71. The van der Waals surface area contributed by atoms with Crippen LogP contribution in [0.4, 0.5) is 0 Å². The van der Waals surface area contributed by atoms with E-state index in [1.54, 1.807) is 30.2 Å². The summed E-state index contributed by atoms with van der Waals surface area (Å²) in [4.78, 5) is 44.6. The van der Waals surface area contributed by atoms with Gasteiger partial charge in [-0.2, -0.15) is 5.26 Å². The summed E-state index contributed by atoms with van der Waals surface area (Å²) in [6.07, 6.45) is 7.66. The predicted molar refractivity (Wildman–Crippen MR) is 143 cm³/mol. The molecule has 3 atom stereocenters. The average Bonchev–Trinajstić information content (AvgIpc) is 3.51. The van der Waals surface area contributed by atoms with Gasteiger partial charge in [-0.15, -0.1) is 0 Å². The Kier molecular flexibility index (Phi) is 7.53. The van der Waals surface area contributed by atoms with E-state index in [-0.39, 0.29) is 35.5 Å². The SMILES string of the molecule is COc1cc(Cl)cc2[nH]c(C(=O)N3CC4(CCCCC4)CC3C(=O)N[C@H](C#N)C[C@@H]3CCCNC3=O)cc12. The summed E-state index contributed by atoms with van der Waals surface area (Å²) in [5.41, 5.74) is 0.941. The average molecular weight is 540 g/mol. The molecular formula is C28H34ClN5O4. The van der Waals surface area contributed by atoms with E-state index >= 15 is 0 Å². The lowest BCUT2D eigenvalue weighted by Gasteiger charge is -2.32. The van der Waals surface area contributed by atoms with Crippen molar-refractivity contribution in [2.75, 3.05) is 20.2 Å². The molecule has 1 spiro atoms. The maximum atomic E-state index is 13.9. The van der Waals surface area contributed by atoms with Crippen LogP contribution in [-0.2, 0) is 9.59 Å². The second-order valence-electron chi connectivity index (χ2n) is 11.0. The third kappa shape index (κ3) is 5.19. The van der Waals surface area contributed by atoms with Gasteiger partial charge in [0.1, 0.15) is 23.5 Å². The summed E-state index contributed by atoms with van der Waals surface area (Å²) in [5, 5.41) is 16.7. The molecule has 0 bridgehead atoms. The van der Waals surface area contributed by atoms with E-state index < -0.39 is 12.1 Å². The number of fused-ring (bicyclic) bond motifs is 1. The Labute approximate surface area is 227 Å². The summed E-state index contributed by atoms with van der Waals surface area (Å²) in [5.74, 6) is -0.403. The van der Waals surface area contributed by atoms with Crippen LogP contribution in [-0.4, -0.2) is 59.9 Å². The number of piperidine rings is 1. The smallest absolute Gasteiger partial charge is 0.271 e. The van der Waals surface area contributed by atoms with Gasteiger partial charge in [-0.05, 0) is 62.1 Å². The van der Waals surface area contributed by atoms with Gasteiger partial charge in [-0.3, -0.25) is 14.4 Å². The number of carbonyl (C=O) groups is 3. The van der Waals surface area contributed by atoms with Gasteiger partial charge in [0.15, 0.2) is 0 Å². The predicted octanol–water partition coefficient (Wildman–Crippen LogP) is 3.92. The number of aromatic nitrogens is 1. The van der Waals surface area contributed by atoms with Crippen LogP contribution in [0.2, 0.25) is 5.02 Å². The highest BCUT2D eigenvalue weighted by Gasteiger charge is 2.49. The second-order valence-corrected chi connectivity index (χ2v) is 11.5.